The van der Waals surface area contributed by atoms with Gasteiger partial charge >= 0.3 is 0 Å². The minimum Gasteiger partial charge on any atom is -0.484 e. The average Bonchev–Trinajstić information content (AvgIpc) is 3.16. The molecule has 160 valence electrons. The number of carbonyl (C=O) groups is 2. The SMILES string of the molecule is O=C1CN(c2ccc(NC(=O)COc3ccc4oc5c(c4c3)CCCC5)cc2)CCN1. The summed E-state index contributed by atoms with van der Waals surface area (Å²) in [7, 11) is 0. The Kier molecular flexibility index (Phi) is 5.24. The third-order valence-electron chi connectivity index (χ3n) is 5.85. The van der Waals surface area contributed by atoms with Gasteiger partial charge in [0.15, 0.2) is 6.61 Å². The molecule has 5 rings (SSSR count). The van der Waals surface area contributed by atoms with Crippen molar-refractivity contribution in [2.75, 3.05) is 36.5 Å². The molecule has 1 aromatic heterocycles. The number of aryl methyl sites for hydroxylation is 2. The van der Waals surface area contributed by atoms with Gasteiger partial charge in [-0.15, -0.1) is 0 Å². The van der Waals surface area contributed by atoms with Gasteiger partial charge in [-0.25, -0.2) is 0 Å². The normalized spacial score (nSPS) is 16.0. The molecule has 2 aromatic carbocycles. The molecule has 1 aliphatic heterocycles. The van der Waals surface area contributed by atoms with Gasteiger partial charge in [0.05, 0.1) is 6.54 Å². The predicted octanol–water partition coefficient (Wildman–Crippen LogP) is 3.27. The summed E-state index contributed by atoms with van der Waals surface area (Å²) in [6, 6.07) is 13.2. The van der Waals surface area contributed by atoms with Gasteiger partial charge in [-0.05, 0) is 61.7 Å². The molecule has 1 fully saturated rings. The number of rotatable bonds is 5. The molecular formula is C24H25N3O4. The highest BCUT2D eigenvalue weighted by atomic mass is 16.5. The van der Waals surface area contributed by atoms with Gasteiger partial charge in [-0.2, -0.15) is 0 Å². The lowest BCUT2D eigenvalue weighted by Gasteiger charge is -2.28. The molecule has 2 heterocycles. The summed E-state index contributed by atoms with van der Waals surface area (Å²) in [6.07, 6.45) is 4.38. The van der Waals surface area contributed by atoms with Gasteiger partial charge in [-0.3, -0.25) is 9.59 Å². The highest BCUT2D eigenvalue weighted by Crippen LogP contribution is 2.34. The number of nitrogens with zero attached hydrogens (tertiary/aromatic N) is 1. The first-order valence-corrected chi connectivity index (χ1v) is 10.7. The number of hydrogen-bond donors (Lipinski definition) is 2. The first-order valence-electron chi connectivity index (χ1n) is 10.7. The Balaban J connectivity index is 1.19. The van der Waals surface area contributed by atoms with Crippen molar-refractivity contribution < 1.29 is 18.7 Å². The summed E-state index contributed by atoms with van der Waals surface area (Å²) in [5.74, 6) is 1.55. The van der Waals surface area contributed by atoms with Crippen LogP contribution in [0.15, 0.2) is 46.9 Å². The fraction of sp³-hybridized carbons (Fsp3) is 0.333. The minimum atomic E-state index is -0.223. The molecule has 0 bridgehead atoms. The van der Waals surface area contributed by atoms with Crippen molar-refractivity contribution >= 4 is 34.2 Å². The van der Waals surface area contributed by atoms with E-state index in [4.69, 9.17) is 9.15 Å². The van der Waals surface area contributed by atoms with Crippen molar-refractivity contribution in [3.8, 4) is 5.75 Å². The summed E-state index contributed by atoms with van der Waals surface area (Å²) >= 11 is 0. The third-order valence-corrected chi connectivity index (χ3v) is 5.85. The minimum absolute atomic E-state index is 0.0231. The topological polar surface area (TPSA) is 83.8 Å². The Hall–Kier alpha value is -3.48. The first-order chi connectivity index (χ1) is 15.2. The molecule has 2 aliphatic rings. The van der Waals surface area contributed by atoms with Crippen molar-refractivity contribution in [3.63, 3.8) is 0 Å². The largest absolute Gasteiger partial charge is 0.484 e. The van der Waals surface area contributed by atoms with E-state index in [1.807, 2.05) is 47.4 Å². The van der Waals surface area contributed by atoms with E-state index in [9.17, 15) is 9.59 Å². The fourth-order valence-corrected chi connectivity index (χ4v) is 4.29. The molecule has 0 spiro atoms. The van der Waals surface area contributed by atoms with Crippen LogP contribution in [0.5, 0.6) is 5.75 Å². The maximum Gasteiger partial charge on any atom is 0.262 e. The molecule has 0 atom stereocenters. The van der Waals surface area contributed by atoms with Gasteiger partial charge in [-0.1, -0.05) is 0 Å². The number of piperazine rings is 1. The Labute approximate surface area is 180 Å². The highest BCUT2D eigenvalue weighted by molar-refractivity contribution is 5.92. The molecule has 0 radical (unpaired) electrons. The van der Waals surface area contributed by atoms with Gasteiger partial charge in [0.2, 0.25) is 5.91 Å². The zero-order valence-electron chi connectivity index (χ0n) is 17.3. The molecule has 2 N–H and O–H groups in total. The molecule has 1 aliphatic carbocycles. The number of hydrogen-bond acceptors (Lipinski definition) is 5. The number of ether oxygens (including phenoxy) is 1. The van der Waals surface area contributed by atoms with Crippen LogP contribution >= 0.6 is 0 Å². The highest BCUT2D eigenvalue weighted by Gasteiger charge is 2.19. The van der Waals surface area contributed by atoms with E-state index in [0.29, 0.717) is 24.5 Å². The molecular weight excluding hydrogens is 394 g/mol. The van der Waals surface area contributed by atoms with Crippen LogP contribution in [-0.4, -0.2) is 38.1 Å². The summed E-state index contributed by atoms with van der Waals surface area (Å²) < 4.78 is 11.7. The van der Waals surface area contributed by atoms with Crippen LogP contribution < -0.4 is 20.3 Å². The van der Waals surface area contributed by atoms with Crippen molar-refractivity contribution in [2.24, 2.45) is 0 Å². The Morgan fingerprint density at radius 2 is 1.97 bits per heavy atom. The maximum atomic E-state index is 12.3. The number of amides is 2. The number of nitrogens with one attached hydrogen (secondary N) is 2. The predicted molar refractivity (Wildman–Crippen MR) is 119 cm³/mol. The summed E-state index contributed by atoms with van der Waals surface area (Å²) in [6.45, 7) is 1.70. The van der Waals surface area contributed by atoms with E-state index in [1.54, 1.807) is 0 Å². The maximum absolute atomic E-state index is 12.3. The smallest absolute Gasteiger partial charge is 0.262 e. The number of furan rings is 1. The second kappa shape index (κ2) is 8.34. The summed E-state index contributed by atoms with van der Waals surface area (Å²) in [5, 5.41) is 6.76. The van der Waals surface area contributed by atoms with E-state index in [2.05, 4.69) is 10.6 Å². The van der Waals surface area contributed by atoms with Crippen LogP contribution in [0.4, 0.5) is 11.4 Å². The zero-order chi connectivity index (χ0) is 21.2. The number of anilines is 2. The van der Waals surface area contributed by atoms with Gasteiger partial charge in [0.25, 0.3) is 5.91 Å². The Morgan fingerprint density at radius 1 is 1.13 bits per heavy atom. The van der Waals surface area contributed by atoms with Crippen LogP contribution in [0, 0.1) is 0 Å². The number of fused-ring (bicyclic) bond motifs is 3. The summed E-state index contributed by atoms with van der Waals surface area (Å²) in [4.78, 5) is 25.9. The molecule has 31 heavy (non-hydrogen) atoms. The van der Waals surface area contributed by atoms with Crippen molar-refractivity contribution in [1.29, 1.82) is 0 Å². The Bertz CT molecular complexity index is 1120. The molecule has 7 nitrogen and oxygen atoms in total. The second-order valence-corrected chi connectivity index (χ2v) is 8.02. The van der Waals surface area contributed by atoms with Crippen LogP contribution in [0.25, 0.3) is 11.0 Å². The summed E-state index contributed by atoms with van der Waals surface area (Å²) in [5.41, 5.74) is 3.82. The second-order valence-electron chi connectivity index (χ2n) is 8.02. The standard InChI is InChI=1S/C24H25N3O4/c28-23-14-27(12-11-25-23)17-7-5-16(6-8-17)26-24(29)15-30-18-9-10-22-20(13-18)19-3-1-2-4-21(19)31-22/h5-10,13H,1-4,11-12,14-15H2,(H,25,28)(H,26,29). The molecule has 0 unspecified atom stereocenters. The van der Waals surface area contributed by atoms with E-state index < -0.39 is 0 Å². The molecule has 3 aromatic rings. The first kappa shape index (κ1) is 19.5. The van der Waals surface area contributed by atoms with E-state index >= 15 is 0 Å². The van der Waals surface area contributed by atoms with Crippen LogP contribution in [0.2, 0.25) is 0 Å². The quantitative estimate of drug-likeness (QED) is 0.663. The number of benzene rings is 2. The van der Waals surface area contributed by atoms with Gasteiger partial charge in [0, 0.05) is 41.8 Å². The van der Waals surface area contributed by atoms with Gasteiger partial charge in [0.1, 0.15) is 17.1 Å². The van der Waals surface area contributed by atoms with Crippen LogP contribution in [0.3, 0.4) is 0 Å². The number of carbonyl (C=O) groups excluding carboxylic acids is 2. The van der Waals surface area contributed by atoms with E-state index in [1.165, 1.54) is 18.4 Å². The lowest BCUT2D eigenvalue weighted by Crippen LogP contribution is -2.47. The molecule has 2 amide bonds. The van der Waals surface area contributed by atoms with E-state index in [-0.39, 0.29) is 18.4 Å². The Morgan fingerprint density at radius 3 is 2.81 bits per heavy atom. The van der Waals surface area contributed by atoms with Crippen molar-refractivity contribution in [3.05, 3.63) is 53.8 Å². The molecule has 0 saturated carbocycles. The zero-order valence-corrected chi connectivity index (χ0v) is 17.3. The van der Waals surface area contributed by atoms with Gasteiger partial charge < -0.3 is 24.7 Å². The lowest BCUT2D eigenvalue weighted by molar-refractivity contribution is -0.120. The lowest BCUT2D eigenvalue weighted by atomic mass is 9.96. The fourth-order valence-electron chi connectivity index (χ4n) is 4.29. The third kappa shape index (κ3) is 4.21. The monoisotopic (exact) mass is 419 g/mol. The van der Waals surface area contributed by atoms with Crippen LogP contribution in [-0.2, 0) is 22.4 Å². The van der Waals surface area contributed by atoms with Crippen molar-refractivity contribution in [2.45, 2.75) is 25.7 Å². The van der Waals surface area contributed by atoms with E-state index in [0.717, 1.165) is 41.8 Å². The molecule has 1 saturated heterocycles. The average molecular weight is 419 g/mol. The van der Waals surface area contributed by atoms with Crippen molar-refractivity contribution in [1.82, 2.24) is 5.32 Å². The molecule has 7 heteroatoms. The van der Waals surface area contributed by atoms with Crippen LogP contribution in [0.1, 0.15) is 24.2 Å².